The number of benzene rings is 1. The van der Waals surface area contributed by atoms with Crippen LogP contribution in [0, 0.1) is 0 Å². The number of amides is 2. The quantitative estimate of drug-likeness (QED) is 0.671. The molecule has 0 unspecified atom stereocenters. The highest BCUT2D eigenvalue weighted by Crippen LogP contribution is 2.20. The molecule has 0 aliphatic carbocycles. The van der Waals surface area contributed by atoms with Gasteiger partial charge >= 0.3 is 12.1 Å². The molecule has 0 aliphatic rings. The van der Waals surface area contributed by atoms with Crippen LogP contribution in [-0.2, 0) is 20.7 Å². The molecule has 0 saturated heterocycles. The van der Waals surface area contributed by atoms with Gasteiger partial charge in [-0.3, -0.25) is 4.79 Å². The molecule has 0 saturated carbocycles. The van der Waals surface area contributed by atoms with Crippen LogP contribution >= 0.6 is 0 Å². The lowest BCUT2D eigenvalue weighted by molar-refractivity contribution is -0.157. The Balaban J connectivity index is 2.17. The van der Waals surface area contributed by atoms with Crippen LogP contribution < -0.4 is 11.1 Å². The number of primary amides is 1. The SMILES string of the molecule is CC(C)(C)OC(=O)N[C@@H](Cc1ccc(-c2nc(C(N)=O)co2)cc1)C(=O)OC(C)(C)C. The molecule has 0 bridgehead atoms. The number of hydrogen-bond donors (Lipinski definition) is 2. The molecule has 0 aliphatic heterocycles. The molecule has 0 radical (unpaired) electrons. The standard InChI is InChI=1S/C22H29N3O6/c1-21(2,3)30-19(27)15(25-20(28)31-22(4,5)6)11-13-7-9-14(10-8-13)18-24-16(12-29-18)17(23)26/h7-10,12,15H,11H2,1-6H3,(H2,23,26)(H,25,28)/t15-/m0/s1. The van der Waals surface area contributed by atoms with E-state index in [4.69, 9.17) is 19.6 Å². The predicted octanol–water partition coefficient (Wildman–Crippen LogP) is 3.22. The molecule has 2 aromatic rings. The highest BCUT2D eigenvalue weighted by Gasteiger charge is 2.29. The van der Waals surface area contributed by atoms with E-state index in [1.54, 1.807) is 65.8 Å². The van der Waals surface area contributed by atoms with Crippen molar-refractivity contribution in [3.63, 3.8) is 0 Å². The first kappa shape index (κ1) is 23.9. The van der Waals surface area contributed by atoms with E-state index in [2.05, 4.69) is 10.3 Å². The highest BCUT2D eigenvalue weighted by molar-refractivity contribution is 5.90. The largest absolute Gasteiger partial charge is 0.458 e. The molecule has 3 N–H and O–H groups in total. The molecular weight excluding hydrogens is 402 g/mol. The maximum absolute atomic E-state index is 12.7. The van der Waals surface area contributed by atoms with E-state index < -0.39 is 35.2 Å². The summed E-state index contributed by atoms with van der Waals surface area (Å²) in [6.07, 6.45) is 0.667. The maximum atomic E-state index is 12.7. The minimum atomic E-state index is -0.942. The summed E-state index contributed by atoms with van der Waals surface area (Å²) in [4.78, 5) is 40.1. The average molecular weight is 431 g/mol. The average Bonchev–Trinajstić information content (AvgIpc) is 3.09. The van der Waals surface area contributed by atoms with Crippen molar-refractivity contribution in [2.24, 2.45) is 5.73 Å². The smallest absolute Gasteiger partial charge is 0.408 e. The van der Waals surface area contributed by atoms with Crippen LogP contribution in [0.15, 0.2) is 34.9 Å². The second kappa shape index (κ2) is 9.20. The molecule has 1 aromatic carbocycles. The maximum Gasteiger partial charge on any atom is 0.408 e. The third kappa shape index (κ3) is 7.76. The van der Waals surface area contributed by atoms with Gasteiger partial charge in [0.25, 0.3) is 5.91 Å². The number of aromatic nitrogens is 1. The van der Waals surface area contributed by atoms with Gasteiger partial charge in [0, 0.05) is 12.0 Å². The number of alkyl carbamates (subject to hydrolysis) is 1. The number of nitrogens with two attached hydrogens (primary N) is 1. The Labute approximate surface area is 181 Å². The van der Waals surface area contributed by atoms with Crippen LogP contribution in [0.4, 0.5) is 4.79 Å². The number of ether oxygens (including phenoxy) is 2. The zero-order valence-corrected chi connectivity index (χ0v) is 18.6. The Morgan fingerprint density at radius 1 is 1.03 bits per heavy atom. The van der Waals surface area contributed by atoms with E-state index >= 15 is 0 Å². The summed E-state index contributed by atoms with van der Waals surface area (Å²) in [5.74, 6) is -1.00. The second-order valence-electron chi connectivity index (χ2n) is 9.04. The van der Waals surface area contributed by atoms with Crippen molar-refractivity contribution in [2.45, 2.75) is 65.2 Å². The van der Waals surface area contributed by atoms with Gasteiger partial charge in [-0.15, -0.1) is 0 Å². The normalized spacial score (nSPS) is 12.7. The Hall–Kier alpha value is -3.36. The topological polar surface area (TPSA) is 134 Å². The molecule has 2 rings (SSSR count). The summed E-state index contributed by atoms with van der Waals surface area (Å²) < 4.78 is 16.0. The summed E-state index contributed by atoms with van der Waals surface area (Å²) >= 11 is 0. The first-order valence-electron chi connectivity index (χ1n) is 9.80. The van der Waals surface area contributed by atoms with Crippen LogP contribution in [-0.4, -0.2) is 40.2 Å². The van der Waals surface area contributed by atoms with Crippen molar-refractivity contribution in [3.8, 4) is 11.5 Å². The summed E-state index contributed by atoms with van der Waals surface area (Å²) in [6, 6.07) is 6.04. The van der Waals surface area contributed by atoms with Crippen LogP contribution in [0.1, 0.15) is 57.6 Å². The van der Waals surface area contributed by atoms with Crippen LogP contribution in [0.25, 0.3) is 11.5 Å². The van der Waals surface area contributed by atoms with Gasteiger partial charge in [-0.1, -0.05) is 12.1 Å². The molecule has 0 spiro atoms. The molecule has 168 valence electrons. The van der Waals surface area contributed by atoms with Gasteiger partial charge in [0.05, 0.1) is 0 Å². The lowest BCUT2D eigenvalue weighted by atomic mass is 10.0. The summed E-state index contributed by atoms with van der Waals surface area (Å²) in [7, 11) is 0. The van der Waals surface area contributed by atoms with Gasteiger partial charge in [-0.05, 0) is 59.2 Å². The van der Waals surface area contributed by atoms with Crippen LogP contribution in [0.2, 0.25) is 0 Å². The first-order valence-corrected chi connectivity index (χ1v) is 9.80. The van der Waals surface area contributed by atoms with Crippen molar-refractivity contribution in [1.29, 1.82) is 0 Å². The monoisotopic (exact) mass is 431 g/mol. The van der Waals surface area contributed by atoms with Gasteiger partial charge in [0.2, 0.25) is 5.89 Å². The van der Waals surface area contributed by atoms with Crippen molar-refractivity contribution in [1.82, 2.24) is 10.3 Å². The number of nitrogens with zero attached hydrogens (tertiary/aromatic N) is 1. The minimum Gasteiger partial charge on any atom is -0.458 e. The van der Waals surface area contributed by atoms with Crippen LogP contribution in [0.3, 0.4) is 0 Å². The van der Waals surface area contributed by atoms with Gasteiger partial charge in [0.1, 0.15) is 23.5 Å². The van der Waals surface area contributed by atoms with E-state index in [0.29, 0.717) is 5.56 Å². The number of carbonyl (C=O) groups is 3. The number of hydrogen-bond acceptors (Lipinski definition) is 7. The third-order valence-corrected chi connectivity index (χ3v) is 3.78. The lowest BCUT2D eigenvalue weighted by Crippen LogP contribution is -2.47. The van der Waals surface area contributed by atoms with Gasteiger partial charge in [-0.2, -0.15) is 0 Å². The van der Waals surface area contributed by atoms with Crippen LogP contribution in [0.5, 0.6) is 0 Å². The highest BCUT2D eigenvalue weighted by atomic mass is 16.6. The fourth-order valence-corrected chi connectivity index (χ4v) is 2.55. The van der Waals surface area contributed by atoms with E-state index in [1.165, 1.54) is 6.26 Å². The summed E-state index contributed by atoms with van der Waals surface area (Å²) in [6.45, 7) is 10.5. The predicted molar refractivity (Wildman–Crippen MR) is 113 cm³/mol. The minimum absolute atomic E-state index is 0.0330. The Bertz CT molecular complexity index is 935. The van der Waals surface area contributed by atoms with E-state index in [-0.39, 0.29) is 18.0 Å². The zero-order chi connectivity index (χ0) is 23.4. The summed E-state index contributed by atoms with van der Waals surface area (Å²) in [5.41, 5.74) is 5.19. The van der Waals surface area contributed by atoms with E-state index in [0.717, 1.165) is 5.56 Å². The Morgan fingerprint density at radius 3 is 2.10 bits per heavy atom. The van der Waals surface area contributed by atoms with Crippen molar-refractivity contribution in [3.05, 3.63) is 41.8 Å². The lowest BCUT2D eigenvalue weighted by Gasteiger charge is -2.26. The number of nitrogens with one attached hydrogen (secondary N) is 1. The second-order valence-corrected chi connectivity index (χ2v) is 9.04. The third-order valence-electron chi connectivity index (χ3n) is 3.78. The molecule has 0 fully saturated rings. The summed E-state index contributed by atoms with van der Waals surface area (Å²) in [5, 5.41) is 2.59. The molecule has 9 nitrogen and oxygen atoms in total. The van der Waals surface area contributed by atoms with Gasteiger partial charge in [0.15, 0.2) is 5.69 Å². The molecule has 9 heteroatoms. The fraction of sp³-hybridized carbons (Fsp3) is 0.455. The van der Waals surface area contributed by atoms with E-state index in [1.807, 2.05) is 0 Å². The van der Waals surface area contributed by atoms with E-state index in [9.17, 15) is 14.4 Å². The van der Waals surface area contributed by atoms with Gasteiger partial charge < -0.3 is 24.9 Å². The molecule has 1 atom stereocenters. The Kier molecular flexibility index (Phi) is 7.09. The van der Waals surface area contributed by atoms with Crippen molar-refractivity contribution < 1.29 is 28.3 Å². The molecule has 1 heterocycles. The van der Waals surface area contributed by atoms with Crippen molar-refractivity contribution >= 4 is 18.0 Å². The van der Waals surface area contributed by atoms with Gasteiger partial charge in [-0.25, -0.2) is 14.6 Å². The number of rotatable bonds is 6. The zero-order valence-electron chi connectivity index (χ0n) is 18.6. The number of oxazole rings is 1. The molecule has 31 heavy (non-hydrogen) atoms. The number of esters is 1. The van der Waals surface area contributed by atoms with Crippen molar-refractivity contribution in [2.75, 3.05) is 0 Å². The molecule has 2 amide bonds. The molecule has 1 aromatic heterocycles. The number of carbonyl (C=O) groups excluding carboxylic acids is 3. The first-order chi connectivity index (χ1) is 14.2. The fourth-order valence-electron chi connectivity index (χ4n) is 2.55. The molecular formula is C22H29N3O6. The Morgan fingerprint density at radius 2 is 1.61 bits per heavy atom.